The van der Waals surface area contributed by atoms with Crippen molar-refractivity contribution in [2.75, 3.05) is 0 Å². The van der Waals surface area contributed by atoms with Gasteiger partial charge >= 0.3 is 0 Å². The Kier molecular flexibility index (Phi) is 12.9. The van der Waals surface area contributed by atoms with E-state index >= 15 is 0 Å². The molecule has 2 aliphatic heterocycles. The number of aliphatic imine (C=N–C) groups is 2. The van der Waals surface area contributed by atoms with Gasteiger partial charge in [-0.1, -0.05) is 84.9 Å². The van der Waals surface area contributed by atoms with Gasteiger partial charge < -0.3 is 20.6 Å². The van der Waals surface area contributed by atoms with Gasteiger partial charge in [0.05, 0.1) is 23.5 Å². The van der Waals surface area contributed by atoms with Crippen LogP contribution in [0.15, 0.2) is 129 Å². The molecule has 2 aliphatic rings. The smallest absolute Gasteiger partial charge is 0.220 e. The number of benzene rings is 4. The van der Waals surface area contributed by atoms with E-state index in [1.165, 1.54) is 55.0 Å². The molecule has 2 aromatic heterocycles. The molecule has 8 rings (SSSR count). The second kappa shape index (κ2) is 18.7. The Morgan fingerprint density at radius 3 is 1.35 bits per heavy atom. The molecule has 0 spiro atoms. The highest BCUT2D eigenvalue weighted by Crippen LogP contribution is 2.37. The van der Waals surface area contributed by atoms with Crippen LogP contribution in [0.3, 0.4) is 0 Å². The Bertz CT molecular complexity index is 2850. The van der Waals surface area contributed by atoms with Gasteiger partial charge in [0.1, 0.15) is 0 Å². The van der Waals surface area contributed by atoms with Gasteiger partial charge in [0.2, 0.25) is 11.8 Å². The third-order valence-corrected chi connectivity index (χ3v) is 13.8. The molecule has 0 saturated carbocycles. The van der Waals surface area contributed by atoms with E-state index in [2.05, 4.69) is 163 Å². The van der Waals surface area contributed by atoms with Gasteiger partial charge in [-0.2, -0.15) is 0 Å². The molecule has 0 fully saturated rings. The van der Waals surface area contributed by atoms with Crippen molar-refractivity contribution in [3.05, 3.63) is 175 Å². The molecule has 0 bridgehead atoms. The van der Waals surface area contributed by atoms with Crippen molar-refractivity contribution in [3.8, 4) is 0 Å². The fraction of sp³-hybridized carbons (Fsp3) is 0.298. The summed E-state index contributed by atoms with van der Waals surface area (Å²) < 4.78 is 0. The zero-order valence-electron chi connectivity index (χ0n) is 39.6. The minimum absolute atomic E-state index is 0.0426. The molecule has 0 aliphatic carbocycles. The number of allylic oxidation sites excluding steroid dienone is 4. The van der Waals surface area contributed by atoms with Crippen LogP contribution in [0, 0.1) is 27.7 Å². The molecule has 0 unspecified atom stereocenters. The summed E-state index contributed by atoms with van der Waals surface area (Å²) in [5, 5.41) is 11.2. The molecule has 2 amide bonds. The number of aromatic nitrogens is 2. The average Bonchev–Trinajstić information content (AvgIpc) is 3.92. The van der Waals surface area contributed by atoms with E-state index < -0.39 is 0 Å². The number of H-pyrrole nitrogens is 2. The number of aryl methyl sites for hydroxylation is 2. The van der Waals surface area contributed by atoms with Crippen molar-refractivity contribution in [1.82, 2.24) is 20.6 Å². The monoisotopic (exact) mass is 862 g/mol. The molecular formula is C57H62N6O2. The fourth-order valence-corrected chi connectivity index (χ4v) is 9.95. The van der Waals surface area contributed by atoms with Crippen molar-refractivity contribution in [1.29, 1.82) is 0 Å². The standard InChI is InChI=1S/C57H62N6O2/c1-32-44(25-27-56(64)62-38(7)46-23-15-19-42-17-11-13-21-48(42)46)36(5)58-52(32)30-54-34(3)50(40(9)60-54)29-51-35(4)55(61-41(51)10)31-53-33(2)45(37(6)59-53)26-28-57(65)63-39(8)47-24-16-20-43-18-12-14-22-49(43)47/h11-24,30-31,38-39,58-59H,25-29H2,1-10H3,(H,62,64)(H,63,65)/b54-30-,55-31-/t38-,39-/m0/s1. The summed E-state index contributed by atoms with van der Waals surface area (Å²) in [5.74, 6) is 0.0853. The summed E-state index contributed by atoms with van der Waals surface area (Å²) in [5.41, 5.74) is 19.9. The van der Waals surface area contributed by atoms with Crippen LogP contribution in [-0.4, -0.2) is 33.2 Å². The van der Waals surface area contributed by atoms with E-state index in [0.717, 1.165) is 74.3 Å². The summed E-state index contributed by atoms with van der Waals surface area (Å²) in [6.45, 7) is 21.1. The van der Waals surface area contributed by atoms with E-state index in [-0.39, 0.29) is 23.9 Å². The molecule has 8 nitrogen and oxygen atoms in total. The average molecular weight is 863 g/mol. The quantitative estimate of drug-likeness (QED) is 0.0873. The minimum atomic E-state index is -0.0912. The second-order valence-electron chi connectivity index (χ2n) is 18.1. The maximum absolute atomic E-state index is 13.2. The lowest BCUT2D eigenvalue weighted by Crippen LogP contribution is -2.27. The number of nitrogens with zero attached hydrogens (tertiary/aromatic N) is 2. The normalized spacial score (nSPS) is 16.3. The first kappa shape index (κ1) is 44.8. The van der Waals surface area contributed by atoms with Crippen molar-refractivity contribution >= 4 is 56.9 Å². The predicted octanol–water partition coefficient (Wildman–Crippen LogP) is 12.9. The zero-order chi connectivity index (χ0) is 46.1. The highest BCUT2D eigenvalue weighted by molar-refractivity contribution is 6.09. The molecule has 8 heteroatoms. The molecule has 2 atom stereocenters. The summed E-state index contributed by atoms with van der Waals surface area (Å²) in [6.07, 6.45) is 7.19. The number of fused-ring (bicyclic) bond motifs is 2. The van der Waals surface area contributed by atoms with Crippen LogP contribution >= 0.6 is 0 Å². The zero-order valence-corrected chi connectivity index (χ0v) is 39.6. The number of hydrogen-bond donors (Lipinski definition) is 4. The van der Waals surface area contributed by atoms with Gasteiger partial charge in [-0.05, 0) is 171 Å². The molecule has 6 aromatic rings. The first-order chi connectivity index (χ1) is 31.2. The van der Waals surface area contributed by atoms with Gasteiger partial charge in [-0.3, -0.25) is 19.6 Å². The number of amides is 2. The lowest BCUT2D eigenvalue weighted by molar-refractivity contribution is -0.122. The number of nitrogens with one attached hydrogen (secondary N) is 4. The Morgan fingerprint density at radius 2 is 0.938 bits per heavy atom. The van der Waals surface area contributed by atoms with E-state index in [0.29, 0.717) is 25.7 Å². The van der Waals surface area contributed by atoms with Crippen LogP contribution in [0.5, 0.6) is 0 Å². The number of hydrogen-bond acceptors (Lipinski definition) is 4. The maximum atomic E-state index is 13.2. The van der Waals surface area contributed by atoms with Gasteiger partial charge in [0, 0.05) is 53.5 Å². The fourth-order valence-electron chi connectivity index (χ4n) is 9.95. The molecule has 4 aromatic carbocycles. The Hall–Kier alpha value is -6.80. The number of carbonyl (C=O) groups is 2. The topological polar surface area (TPSA) is 114 Å². The molecule has 0 saturated heterocycles. The van der Waals surface area contributed by atoms with Crippen molar-refractivity contribution in [2.24, 2.45) is 9.98 Å². The Morgan fingerprint density at radius 1 is 0.554 bits per heavy atom. The first-order valence-electron chi connectivity index (χ1n) is 23.0. The van der Waals surface area contributed by atoms with Crippen molar-refractivity contribution in [3.63, 3.8) is 0 Å². The van der Waals surface area contributed by atoms with Gasteiger partial charge in [0.25, 0.3) is 0 Å². The van der Waals surface area contributed by atoms with E-state index in [1.54, 1.807) is 0 Å². The van der Waals surface area contributed by atoms with Crippen LogP contribution in [0.25, 0.3) is 33.7 Å². The van der Waals surface area contributed by atoms with E-state index in [9.17, 15) is 9.59 Å². The molecule has 65 heavy (non-hydrogen) atoms. The highest BCUT2D eigenvalue weighted by atomic mass is 16.2. The Labute approximate surface area is 383 Å². The summed E-state index contributed by atoms with van der Waals surface area (Å²) in [4.78, 5) is 43.8. The number of carbonyl (C=O) groups excluding carboxylic acids is 2. The van der Waals surface area contributed by atoms with E-state index in [4.69, 9.17) is 9.98 Å². The van der Waals surface area contributed by atoms with Crippen molar-refractivity contribution < 1.29 is 9.59 Å². The SMILES string of the molecule is CC1=N/C(=C\c2[nH]c(C)c(CCC(=O)N[C@@H](C)c3cccc4ccccc34)c2C)C(C)=C1CC1=C(C)/C(=C/c2[nH]c(C)c(CCC(=O)N[C@@H](C)c3cccc4ccccc34)c2C)N=C1C. The molecule has 4 N–H and O–H groups in total. The van der Waals surface area contributed by atoms with Gasteiger partial charge in [-0.15, -0.1) is 0 Å². The highest BCUT2D eigenvalue weighted by Gasteiger charge is 2.26. The van der Waals surface area contributed by atoms with Gasteiger partial charge in [-0.25, -0.2) is 0 Å². The van der Waals surface area contributed by atoms with Crippen LogP contribution in [0.2, 0.25) is 0 Å². The second-order valence-corrected chi connectivity index (χ2v) is 18.1. The van der Waals surface area contributed by atoms with Crippen LogP contribution in [0.1, 0.15) is 129 Å². The van der Waals surface area contributed by atoms with Gasteiger partial charge in [0.15, 0.2) is 0 Å². The molecule has 0 radical (unpaired) electrons. The summed E-state index contributed by atoms with van der Waals surface area (Å²) in [7, 11) is 0. The van der Waals surface area contributed by atoms with Crippen LogP contribution in [0.4, 0.5) is 0 Å². The first-order valence-corrected chi connectivity index (χ1v) is 23.0. The number of rotatable bonds is 14. The molecular weight excluding hydrogens is 801 g/mol. The summed E-state index contributed by atoms with van der Waals surface area (Å²) >= 11 is 0. The molecule has 4 heterocycles. The predicted molar refractivity (Wildman–Crippen MR) is 270 cm³/mol. The lowest BCUT2D eigenvalue weighted by Gasteiger charge is -2.17. The van der Waals surface area contributed by atoms with Crippen LogP contribution < -0.4 is 10.6 Å². The van der Waals surface area contributed by atoms with E-state index in [1.807, 2.05) is 24.3 Å². The van der Waals surface area contributed by atoms with Crippen LogP contribution in [-0.2, 0) is 22.4 Å². The summed E-state index contributed by atoms with van der Waals surface area (Å²) in [6, 6.07) is 29.0. The number of aromatic amines is 2. The third-order valence-electron chi connectivity index (χ3n) is 13.8. The van der Waals surface area contributed by atoms with Crippen molar-refractivity contribution in [2.45, 2.75) is 113 Å². The lowest BCUT2D eigenvalue weighted by atomic mass is 9.93. The maximum Gasteiger partial charge on any atom is 0.220 e. The largest absolute Gasteiger partial charge is 0.359 e. The molecule has 332 valence electrons. The third kappa shape index (κ3) is 9.26. The Balaban J connectivity index is 0.912. The minimum Gasteiger partial charge on any atom is -0.359 e.